The zero-order valence-corrected chi connectivity index (χ0v) is 34.5. The number of H-pyrrole nitrogens is 2. The Balaban J connectivity index is 1.74. The predicted octanol–water partition coefficient (Wildman–Crippen LogP) is 7.06. The minimum atomic E-state index is -1.40. The Morgan fingerprint density at radius 2 is 0.984 bits per heavy atom. The SMILES string of the molecule is COC(=O)c1c(-c2cc(C(=O)O)cc(C(=O)O)c2)c2cc3nc(c(OC)c4[nH]c(cc5nc(cc1[nH]2)CC5(C)C)c(-c1cc(C(=O)O)cc(C(=O)O)c1)c4C(=O)OC)CC3(C)C. The van der Waals surface area contributed by atoms with Crippen molar-refractivity contribution in [3.8, 4) is 28.0 Å². The molecule has 2 aromatic carbocycles. The smallest absolute Gasteiger partial charge is 0.340 e. The van der Waals surface area contributed by atoms with Crippen molar-refractivity contribution in [1.29, 1.82) is 0 Å². The number of aromatic carboxylic acids is 4. The van der Waals surface area contributed by atoms with Crippen molar-refractivity contribution in [3.63, 3.8) is 0 Å². The van der Waals surface area contributed by atoms with Crippen LogP contribution in [0.1, 0.15) is 113 Å². The van der Waals surface area contributed by atoms with E-state index in [1.165, 1.54) is 45.6 Å². The first-order chi connectivity index (χ1) is 29.2. The molecule has 2 aliphatic heterocycles. The third-order valence-electron chi connectivity index (χ3n) is 11.0. The van der Waals surface area contributed by atoms with E-state index < -0.39 is 46.6 Å². The van der Waals surface area contributed by atoms with Crippen molar-refractivity contribution < 1.29 is 63.4 Å². The second kappa shape index (κ2) is 15.3. The van der Waals surface area contributed by atoms with Crippen LogP contribution >= 0.6 is 0 Å². The van der Waals surface area contributed by atoms with E-state index in [9.17, 15) is 49.2 Å². The summed E-state index contributed by atoms with van der Waals surface area (Å²) in [6.45, 7) is 7.58. The van der Waals surface area contributed by atoms with Gasteiger partial charge in [0, 0.05) is 62.9 Å². The van der Waals surface area contributed by atoms with E-state index in [0.717, 1.165) is 12.1 Å². The first-order valence-corrected chi connectivity index (χ1v) is 19.0. The van der Waals surface area contributed by atoms with Gasteiger partial charge in [0.15, 0.2) is 5.75 Å². The highest BCUT2D eigenvalue weighted by Crippen LogP contribution is 2.43. The number of methoxy groups -OCH3 is 3. The molecule has 3 aromatic heterocycles. The Labute approximate surface area is 352 Å². The van der Waals surface area contributed by atoms with Crippen molar-refractivity contribution in [2.75, 3.05) is 21.3 Å². The zero-order valence-electron chi connectivity index (χ0n) is 34.5. The van der Waals surface area contributed by atoms with Crippen LogP contribution in [0.15, 0.2) is 54.6 Å². The topological polar surface area (TPSA) is 268 Å². The maximum absolute atomic E-state index is 14.0. The molecule has 0 unspecified atom stereocenters. The average molecular weight is 845 g/mol. The number of benzene rings is 2. The van der Waals surface area contributed by atoms with E-state index in [0.29, 0.717) is 29.2 Å². The number of carbonyl (C=O) groups excluding carboxylic acids is 2. The molecule has 0 atom stereocenters. The highest BCUT2D eigenvalue weighted by molar-refractivity contribution is 6.12. The van der Waals surface area contributed by atoms with Gasteiger partial charge in [-0.15, -0.1) is 0 Å². The normalized spacial score (nSPS) is 13.9. The summed E-state index contributed by atoms with van der Waals surface area (Å²) >= 11 is 0. The van der Waals surface area contributed by atoms with Crippen molar-refractivity contribution >= 4 is 57.9 Å². The fourth-order valence-electron chi connectivity index (χ4n) is 8.02. The molecule has 0 saturated heterocycles. The lowest BCUT2D eigenvalue weighted by Gasteiger charge is -2.16. The minimum absolute atomic E-state index is 0.0317. The predicted molar refractivity (Wildman–Crippen MR) is 222 cm³/mol. The number of nitrogens with one attached hydrogen (secondary N) is 2. The number of carboxylic acid groups (broad SMARTS) is 4. The van der Waals surface area contributed by atoms with Gasteiger partial charge in [-0.3, -0.25) is 9.97 Å². The van der Waals surface area contributed by atoms with Gasteiger partial charge in [0.05, 0.1) is 71.4 Å². The zero-order chi connectivity index (χ0) is 45.2. The molecule has 5 heterocycles. The van der Waals surface area contributed by atoms with Gasteiger partial charge in [-0.25, -0.2) is 28.8 Å². The molecule has 7 rings (SSSR count). The molecule has 0 saturated carbocycles. The second-order valence-electron chi connectivity index (χ2n) is 16.2. The molecule has 62 heavy (non-hydrogen) atoms. The molecule has 2 aliphatic rings. The minimum Gasteiger partial charge on any atom is -0.493 e. The van der Waals surface area contributed by atoms with Crippen LogP contribution in [0.25, 0.3) is 44.3 Å². The summed E-state index contributed by atoms with van der Waals surface area (Å²) in [4.78, 5) is 93.5. The Morgan fingerprint density at radius 3 is 1.45 bits per heavy atom. The van der Waals surface area contributed by atoms with Gasteiger partial charge in [0.2, 0.25) is 0 Å². The van der Waals surface area contributed by atoms with Gasteiger partial charge in [0.1, 0.15) is 0 Å². The molecule has 0 spiro atoms. The Hall–Kier alpha value is -7.82. The number of rotatable bonds is 9. The Kier molecular flexibility index (Phi) is 10.5. The number of carboxylic acids is 4. The Bertz CT molecular complexity index is 2930. The molecule has 0 aliphatic carbocycles. The first-order valence-electron chi connectivity index (χ1n) is 19.0. The molecule has 17 nitrogen and oxygen atoms in total. The maximum Gasteiger partial charge on any atom is 0.340 e. The summed E-state index contributed by atoms with van der Waals surface area (Å²) in [7, 11) is 3.72. The largest absolute Gasteiger partial charge is 0.493 e. The van der Waals surface area contributed by atoms with Gasteiger partial charge in [0.25, 0.3) is 0 Å². The highest BCUT2D eigenvalue weighted by Gasteiger charge is 2.35. The van der Waals surface area contributed by atoms with Crippen molar-refractivity contribution in [2.24, 2.45) is 0 Å². The number of carbonyl (C=O) groups is 6. The number of aromatic nitrogens is 4. The summed E-state index contributed by atoms with van der Waals surface area (Å²) < 4.78 is 16.6. The first kappa shape index (κ1) is 42.3. The van der Waals surface area contributed by atoms with E-state index in [1.54, 1.807) is 18.2 Å². The van der Waals surface area contributed by atoms with Gasteiger partial charge in [-0.2, -0.15) is 0 Å². The quantitative estimate of drug-likeness (QED) is 0.0811. The molecule has 0 fully saturated rings. The van der Waals surface area contributed by atoms with Crippen LogP contribution in [-0.2, 0) is 33.1 Å². The lowest BCUT2D eigenvalue weighted by atomic mass is 9.86. The van der Waals surface area contributed by atoms with E-state index in [4.69, 9.17) is 24.2 Å². The number of hydrogen-bond donors (Lipinski definition) is 6. The molecule has 0 amide bonds. The van der Waals surface area contributed by atoms with Crippen LogP contribution in [0.3, 0.4) is 0 Å². The molecule has 17 heteroatoms. The molecule has 318 valence electrons. The summed E-state index contributed by atoms with van der Waals surface area (Å²) in [5.41, 5.74) is -0.120. The van der Waals surface area contributed by atoms with Crippen LogP contribution in [0, 0.1) is 0 Å². The van der Waals surface area contributed by atoms with Crippen LogP contribution in [0.2, 0.25) is 0 Å². The van der Waals surface area contributed by atoms with E-state index >= 15 is 0 Å². The van der Waals surface area contributed by atoms with Gasteiger partial charge in [-0.1, -0.05) is 27.7 Å². The van der Waals surface area contributed by atoms with E-state index in [1.807, 2.05) is 27.7 Å². The third-order valence-corrected chi connectivity index (χ3v) is 11.0. The van der Waals surface area contributed by atoms with Crippen molar-refractivity contribution in [3.05, 3.63) is 111 Å². The number of hydrogen-bond acceptors (Lipinski definition) is 11. The third kappa shape index (κ3) is 7.37. The number of aromatic amines is 2. The van der Waals surface area contributed by atoms with Crippen LogP contribution < -0.4 is 4.74 Å². The van der Waals surface area contributed by atoms with Crippen LogP contribution in [0.5, 0.6) is 5.75 Å². The average Bonchev–Trinajstić information content (AvgIpc) is 3.93. The summed E-state index contributed by atoms with van der Waals surface area (Å²) in [5, 5.41) is 40.0. The number of fused-ring (bicyclic) bond motifs is 8. The molecular formula is C45H40N4O13. The molecular weight excluding hydrogens is 805 g/mol. The lowest BCUT2D eigenvalue weighted by molar-refractivity contribution is 0.0595. The monoisotopic (exact) mass is 844 g/mol. The standard InChI is InChI=1S/C45H40N4O13/c1-44(2)17-25-14-26-34(42(58)61-6)32(19-8-21(38(50)51)12-22(9-19)39(52)53)27(47-26)15-31-45(3,4)18-29(48-31)37(60-5)36-35(43(59)62-7)33(28(49-36)16-30(44)46-25)20-10-23(40(54)55)13-24(11-20)41(56)57/h8-16,47,49H,17-18H2,1-7H3,(H,50,51)(H,52,53)(H,54,55)(H,56,57). The summed E-state index contributed by atoms with van der Waals surface area (Å²) in [6, 6.07) is 12.0. The van der Waals surface area contributed by atoms with Gasteiger partial charge >= 0.3 is 35.8 Å². The van der Waals surface area contributed by atoms with Gasteiger partial charge < -0.3 is 44.6 Å². The summed E-state index contributed by atoms with van der Waals surface area (Å²) in [5.74, 6) is -7.17. The molecule has 0 radical (unpaired) electrons. The van der Waals surface area contributed by atoms with Crippen LogP contribution in [-0.4, -0.2) is 97.5 Å². The Morgan fingerprint density at radius 1 is 0.548 bits per heavy atom. The van der Waals surface area contributed by atoms with Crippen molar-refractivity contribution in [2.45, 2.75) is 51.4 Å². The molecule has 5 aromatic rings. The van der Waals surface area contributed by atoms with E-state index in [2.05, 4.69) is 9.97 Å². The van der Waals surface area contributed by atoms with Crippen molar-refractivity contribution in [1.82, 2.24) is 19.9 Å². The van der Waals surface area contributed by atoms with Gasteiger partial charge in [-0.05, 0) is 65.7 Å². The lowest BCUT2D eigenvalue weighted by Crippen LogP contribution is -2.15. The number of esters is 2. The fraction of sp³-hybridized carbons (Fsp3) is 0.244. The maximum atomic E-state index is 14.0. The number of nitrogens with zero attached hydrogens (tertiary/aromatic N) is 2. The second-order valence-corrected chi connectivity index (χ2v) is 16.2. The number of ether oxygens (including phenoxy) is 3. The highest BCUT2D eigenvalue weighted by atomic mass is 16.5. The fourth-order valence-corrected chi connectivity index (χ4v) is 8.02. The summed E-state index contributed by atoms with van der Waals surface area (Å²) in [6.07, 6.45) is 0.504. The molecule has 6 N–H and O–H groups in total. The van der Waals surface area contributed by atoms with Crippen LogP contribution in [0.4, 0.5) is 0 Å². The van der Waals surface area contributed by atoms with E-state index in [-0.39, 0.29) is 89.9 Å². The molecule has 8 bridgehead atoms.